The second kappa shape index (κ2) is 7.40. The highest BCUT2D eigenvalue weighted by atomic mass is 32.2. The molecule has 0 aromatic rings. The zero-order valence-corrected chi connectivity index (χ0v) is 14.7. The van der Waals surface area contributed by atoms with Crippen LogP contribution < -0.4 is 5.32 Å². The van der Waals surface area contributed by atoms with E-state index >= 15 is 0 Å². The molecule has 3 heterocycles. The number of nitrogens with one attached hydrogen (secondary N) is 1. The van der Waals surface area contributed by atoms with Crippen LogP contribution in [0.4, 0.5) is 0 Å². The largest absolute Gasteiger partial charge is 0.358 e. The average Bonchev–Trinajstić information content (AvgIpc) is 3.13. The Bertz CT molecular complexity index is 480. The maximum absolute atomic E-state index is 4.52. The van der Waals surface area contributed by atoms with Crippen LogP contribution in [-0.2, 0) is 0 Å². The van der Waals surface area contributed by atoms with Crippen LogP contribution in [0.1, 0.15) is 27.2 Å². The van der Waals surface area contributed by atoms with Crippen LogP contribution in [0.3, 0.4) is 0 Å². The lowest BCUT2D eigenvalue weighted by molar-refractivity contribution is 0.508. The third-order valence-electron chi connectivity index (χ3n) is 3.16. The van der Waals surface area contributed by atoms with E-state index in [1.54, 1.807) is 23.5 Å². The minimum atomic E-state index is 0.126. The van der Waals surface area contributed by atoms with Crippen LogP contribution in [0.2, 0.25) is 0 Å². The molecular weight excluding hydrogens is 300 g/mol. The summed E-state index contributed by atoms with van der Waals surface area (Å²) in [4.78, 5) is 11.3. The van der Waals surface area contributed by atoms with Gasteiger partial charge in [0.05, 0.1) is 18.6 Å². The van der Waals surface area contributed by atoms with E-state index in [0.717, 1.165) is 37.0 Å². The maximum Gasteiger partial charge on any atom is 0.167 e. The van der Waals surface area contributed by atoms with E-state index in [1.165, 1.54) is 10.9 Å². The number of hydrogen-bond acceptors (Lipinski definition) is 6. The van der Waals surface area contributed by atoms with Crippen molar-refractivity contribution < 1.29 is 0 Å². The van der Waals surface area contributed by atoms with E-state index in [4.69, 9.17) is 0 Å². The number of rotatable bonds is 3. The second-order valence-electron chi connectivity index (χ2n) is 5.66. The molecule has 0 amide bonds. The molecule has 3 rings (SSSR count). The minimum Gasteiger partial charge on any atom is -0.358 e. The average molecular weight is 325 g/mol. The van der Waals surface area contributed by atoms with Crippen LogP contribution in [0.15, 0.2) is 33.7 Å². The Morgan fingerprint density at radius 1 is 1.52 bits per heavy atom. The van der Waals surface area contributed by atoms with Crippen molar-refractivity contribution in [2.75, 3.05) is 25.4 Å². The molecule has 0 radical (unpaired) electrons. The van der Waals surface area contributed by atoms with Crippen molar-refractivity contribution in [1.29, 1.82) is 0 Å². The van der Waals surface area contributed by atoms with Crippen molar-refractivity contribution in [3.05, 3.63) is 23.8 Å². The van der Waals surface area contributed by atoms with Crippen molar-refractivity contribution in [3.8, 4) is 0 Å². The number of aliphatic imine (C=N–C) groups is 2. The van der Waals surface area contributed by atoms with E-state index < -0.39 is 0 Å². The molecule has 0 unspecified atom stereocenters. The first-order valence-electron chi connectivity index (χ1n) is 7.30. The van der Waals surface area contributed by atoms with Gasteiger partial charge < -0.3 is 10.2 Å². The van der Waals surface area contributed by atoms with Gasteiger partial charge in [0, 0.05) is 18.0 Å². The first-order chi connectivity index (χ1) is 10.1. The number of fused-ring (bicyclic) bond motifs is 1. The summed E-state index contributed by atoms with van der Waals surface area (Å²) in [5.41, 5.74) is 1.49. The maximum atomic E-state index is 4.52. The van der Waals surface area contributed by atoms with Crippen LogP contribution in [0, 0.1) is 0 Å². The Hall–Kier alpha value is -0.880. The summed E-state index contributed by atoms with van der Waals surface area (Å²) in [7, 11) is 0. The van der Waals surface area contributed by atoms with Gasteiger partial charge in [-0.15, -0.1) is 6.58 Å². The minimum absolute atomic E-state index is 0.126. The summed E-state index contributed by atoms with van der Waals surface area (Å²) in [5, 5.41) is 7.90. The molecule has 0 saturated heterocycles. The van der Waals surface area contributed by atoms with Crippen molar-refractivity contribution in [1.82, 2.24) is 10.2 Å². The summed E-state index contributed by atoms with van der Waals surface area (Å²) in [6, 6.07) is 0. The SMILES string of the molecule is C=CCC.CC1(C)CN=C(SCC2=CSC3=NCCN23)N1. The van der Waals surface area contributed by atoms with Gasteiger partial charge in [-0.1, -0.05) is 36.5 Å². The predicted octanol–water partition coefficient (Wildman–Crippen LogP) is 3.30. The van der Waals surface area contributed by atoms with E-state index in [9.17, 15) is 0 Å². The summed E-state index contributed by atoms with van der Waals surface area (Å²) >= 11 is 3.54. The highest BCUT2D eigenvalue weighted by Gasteiger charge is 2.28. The van der Waals surface area contributed by atoms with E-state index in [0.29, 0.717) is 0 Å². The van der Waals surface area contributed by atoms with E-state index in [-0.39, 0.29) is 5.54 Å². The lowest BCUT2D eigenvalue weighted by Crippen LogP contribution is -2.38. The topological polar surface area (TPSA) is 40.0 Å². The molecule has 1 N–H and O–H groups in total. The molecule has 3 aliphatic rings. The molecule has 0 aromatic heterocycles. The quantitative estimate of drug-likeness (QED) is 0.809. The third-order valence-corrected chi connectivity index (χ3v) is 5.05. The molecule has 0 atom stereocenters. The smallest absolute Gasteiger partial charge is 0.167 e. The van der Waals surface area contributed by atoms with Gasteiger partial charge in [-0.3, -0.25) is 9.98 Å². The van der Waals surface area contributed by atoms with Crippen LogP contribution in [0.25, 0.3) is 0 Å². The number of nitrogens with zero attached hydrogens (tertiary/aromatic N) is 3. The number of thioether (sulfide) groups is 2. The summed E-state index contributed by atoms with van der Waals surface area (Å²) in [5.74, 6) is 0.980. The molecule has 6 heteroatoms. The van der Waals surface area contributed by atoms with Crippen molar-refractivity contribution in [3.63, 3.8) is 0 Å². The summed E-state index contributed by atoms with van der Waals surface area (Å²) < 4.78 is 0. The number of hydrogen-bond donors (Lipinski definition) is 1. The Kier molecular flexibility index (Phi) is 5.81. The number of allylic oxidation sites excluding steroid dienone is 1. The molecule has 21 heavy (non-hydrogen) atoms. The summed E-state index contributed by atoms with van der Waals surface area (Å²) in [6.45, 7) is 12.8. The first kappa shape index (κ1) is 16.5. The van der Waals surface area contributed by atoms with Crippen LogP contribution in [-0.4, -0.2) is 46.2 Å². The van der Waals surface area contributed by atoms with Gasteiger partial charge in [-0.2, -0.15) is 0 Å². The van der Waals surface area contributed by atoms with Gasteiger partial charge >= 0.3 is 0 Å². The Balaban J connectivity index is 0.000000361. The third kappa shape index (κ3) is 4.54. The van der Waals surface area contributed by atoms with Crippen LogP contribution in [0.5, 0.6) is 0 Å². The molecule has 0 aromatic carbocycles. The summed E-state index contributed by atoms with van der Waals surface area (Å²) in [6.07, 6.45) is 2.96. The zero-order chi connectivity index (χ0) is 15.3. The number of amidine groups is 2. The van der Waals surface area contributed by atoms with Gasteiger partial charge in [-0.25, -0.2) is 0 Å². The lowest BCUT2D eigenvalue weighted by Gasteiger charge is -2.19. The fourth-order valence-electron chi connectivity index (χ4n) is 1.95. The highest BCUT2D eigenvalue weighted by molar-refractivity contribution is 8.17. The monoisotopic (exact) mass is 324 g/mol. The molecule has 0 spiro atoms. The second-order valence-corrected chi connectivity index (χ2v) is 7.46. The van der Waals surface area contributed by atoms with Gasteiger partial charge in [0.25, 0.3) is 0 Å². The molecule has 0 bridgehead atoms. The molecule has 0 fully saturated rings. The molecule has 116 valence electrons. The Morgan fingerprint density at radius 2 is 2.29 bits per heavy atom. The fraction of sp³-hybridized carbons (Fsp3) is 0.600. The predicted molar refractivity (Wildman–Crippen MR) is 97.1 cm³/mol. The highest BCUT2D eigenvalue weighted by Crippen LogP contribution is 2.31. The van der Waals surface area contributed by atoms with Gasteiger partial charge in [-0.05, 0) is 25.7 Å². The lowest BCUT2D eigenvalue weighted by atomic mass is 10.1. The Morgan fingerprint density at radius 3 is 2.90 bits per heavy atom. The standard InChI is InChI=1S/C11H16N4S2.C4H8/c1-11(2)7-13-9(14-11)16-5-8-6-17-10-12-3-4-15(8)10;1-3-4-2/h6H,3-5,7H2,1-2H3,(H,13,14);3H,1,4H2,2H3. The first-order valence-corrected chi connectivity index (χ1v) is 9.16. The van der Waals surface area contributed by atoms with Crippen LogP contribution >= 0.6 is 23.5 Å². The van der Waals surface area contributed by atoms with Crippen molar-refractivity contribution in [2.45, 2.75) is 32.7 Å². The normalized spacial score (nSPS) is 21.7. The molecule has 0 aliphatic carbocycles. The van der Waals surface area contributed by atoms with Gasteiger partial charge in [0.2, 0.25) is 0 Å². The molecule has 4 nitrogen and oxygen atoms in total. The molecular formula is C15H24N4S2. The molecule has 0 saturated carbocycles. The van der Waals surface area contributed by atoms with Gasteiger partial charge in [0.1, 0.15) is 0 Å². The molecule has 3 aliphatic heterocycles. The fourth-order valence-corrected chi connectivity index (χ4v) is 4.04. The van der Waals surface area contributed by atoms with Crippen molar-refractivity contribution >= 4 is 33.9 Å². The van der Waals surface area contributed by atoms with Gasteiger partial charge in [0.15, 0.2) is 10.3 Å². The zero-order valence-electron chi connectivity index (χ0n) is 13.1. The van der Waals surface area contributed by atoms with Crippen molar-refractivity contribution in [2.24, 2.45) is 9.98 Å². The van der Waals surface area contributed by atoms with E-state index in [2.05, 4.69) is 53.0 Å². The Labute approximate surface area is 136 Å². The van der Waals surface area contributed by atoms with E-state index in [1.807, 2.05) is 6.08 Å².